The number of rotatable bonds is 5. The Morgan fingerprint density at radius 2 is 2.20 bits per heavy atom. The molecule has 0 aromatic carbocycles. The number of carbonyl (C=O) groups excluding carboxylic acids is 1. The maximum atomic E-state index is 12.5. The summed E-state index contributed by atoms with van der Waals surface area (Å²) in [7, 11) is 1.86. The van der Waals surface area contributed by atoms with Gasteiger partial charge in [-0.3, -0.25) is 19.1 Å². The van der Waals surface area contributed by atoms with Crippen LogP contribution in [0.4, 0.5) is 5.82 Å². The van der Waals surface area contributed by atoms with E-state index >= 15 is 0 Å². The molecule has 1 N–H and O–H groups in total. The van der Waals surface area contributed by atoms with Crippen LogP contribution in [-0.4, -0.2) is 54.5 Å². The van der Waals surface area contributed by atoms with E-state index in [2.05, 4.69) is 46.2 Å². The molecule has 1 saturated heterocycles. The molecule has 0 spiro atoms. The Hall–Kier alpha value is -2.22. The summed E-state index contributed by atoms with van der Waals surface area (Å²) in [6, 6.07) is 2.28. The zero-order valence-electron chi connectivity index (χ0n) is 15.4. The molecular weight excluding hydrogens is 318 g/mol. The van der Waals surface area contributed by atoms with E-state index in [0.29, 0.717) is 12.6 Å². The monoisotopic (exact) mass is 345 g/mol. The van der Waals surface area contributed by atoms with Crippen molar-refractivity contribution in [2.75, 3.05) is 18.4 Å². The lowest BCUT2D eigenvalue weighted by atomic mass is 9.92. The van der Waals surface area contributed by atoms with E-state index in [9.17, 15) is 4.79 Å². The molecule has 0 unspecified atom stereocenters. The van der Waals surface area contributed by atoms with Crippen LogP contribution < -0.4 is 5.32 Å². The highest BCUT2D eigenvalue weighted by Gasteiger charge is 2.27. The van der Waals surface area contributed by atoms with E-state index in [0.717, 1.165) is 37.4 Å². The Morgan fingerprint density at radius 3 is 2.84 bits per heavy atom. The number of amides is 1. The number of aryl methyl sites for hydroxylation is 1. The lowest BCUT2D eigenvalue weighted by Gasteiger charge is -2.23. The van der Waals surface area contributed by atoms with Gasteiger partial charge in [0.05, 0.1) is 18.8 Å². The molecule has 1 atom stereocenters. The van der Waals surface area contributed by atoms with E-state index in [1.807, 2.05) is 17.8 Å². The number of aromatic nitrogens is 5. The van der Waals surface area contributed by atoms with Crippen molar-refractivity contribution in [3.8, 4) is 0 Å². The van der Waals surface area contributed by atoms with Crippen molar-refractivity contribution in [3.05, 3.63) is 24.4 Å². The fraction of sp³-hybridized carbons (Fsp3) is 0.647. The Morgan fingerprint density at radius 1 is 1.40 bits per heavy atom. The van der Waals surface area contributed by atoms with Crippen LogP contribution in [0, 0.1) is 0 Å². The lowest BCUT2D eigenvalue weighted by Crippen LogP contribution is -2.39. The summed E-state index contributed by atoms with van der Waals surface area (Å²) in [5.74, 6) is 0.732. The number of nitrogens with one attached hydrogen (secondary N) is 1. The number of carbonyl (C=O) groups is 1. The fourth-order valence-corrected chi connectivity index (χ4v) is 3.17. The third-order valence-electron chi connectivity index (χ3n) is 4.63. The molecule has 3 heterocycles. The molecule has 0 aliphatic carbocycles. The quantitative estimate of drug-likeness (QED) is 0.886. The van der Waals surface area contributed by atoms with Gasteiger partial charge in [0.2, 0.25) is 5.91 Å². The van der Waals surface area contributed by atoms with Gasteiger partial charge in [-0.1, -0.05) is 20.8 Å². The van der Waals surface area contributed by atoms with Crippen molar-refractivity contribution in [2.45, 2.75) is 51.6 Å². The highest BCUT2D eigenvalue weighted by Crippen LogP contribution is 2.23. The van der Waals surface area contributed by atoms with E-state index in [1.54, 1.807) is 17.3 Å². The van der Waals surface area contributed by atoms with Crippen LogP contribution in [0.25, 0.3) is 0 Å². The van der Waals surface area contributed by atoms with Gasteiger partial charge < -0.3 is 5.32 Å². The minimum Gasteiger partial charge on any atom is -0.310 e. The van der Waals surface area contributed by atoms with Crippen molar-refractivity contribution < 1.29 is 4.79 Å². The van der Waals surface area contributed by atoms with Crippen molar-refractivity contribution in [1.29, 1.82) is 0 Å². The zero-order chi connectivity index (χ0) is 18.0. The molecule has 1 aliphatic heterocycles. The number of nitrogens with zero attached hydrogens (tertiary/aromatic N) is 6. The Balaban J connectivity index is 1.59. The molecule has 1 amide bonds. The van der Waals surface area contributed by atoms with Gasteiger partial charge in [0.15, 0.2) is 0 Å². The average molecular weight is 345 g/mol. The van der Waals surface area contributed by atoms with E-state index in [4.69, 9.17) is 0 Å². The zero-order valence-corrected chi connectivity index (χ0v) is 15.4. The first-order valence-electron chi connectivity index (χ1n) is 8.74. The maximum absolute atomic E-state index is 12.5. The van der Waals surface area contributed by atoms with E-state index in [-0.39, 0.29) is 11.3 Å². The smallest absolute Gasteiger partial charge is 0.239 e. The summed E-state index contributed by atoms with van der Waals surface area (Å²) >= 11 is 0. The summed E-state index contributed by atoms with van der Waals surface area (Å²) in [6.45, 7) is 8.42. The first kappa shape index (κ1) is 17.6. The molecular formula is C17H27N7O. The van der Waals surface area contributed by atoms with Crippen LogP contribution in [0.2, 0.25) is 0 Å². The van der Waals surface area contributed by atoms with Crippen molar-refractivity contribution in [2.24, 2.45) is 7.05 Å². The molecule has 2 aromatic heterocycles. The Bertz CT molecular complexity index is 714. The molecule has 25 heavy (non-hydrogen) atoms. The van der Waals surface area contributed by atoms with E-state index in [1.165, 1.54) is 0 Å². The molecule has 0 saturated carbocycles. The highest BCUT2D eigenvalue weighted by molar-refractivity contribution is 5.91. The second-order valence-electron chi connectivity index (χ2n) is 7.72. The van der Waals surface area contributed by atoms with Gasteiger partial charge in [-0.2, -0.15) is 10.2 Å². The number of hydrogen-bond donors (Lipinski definition) is 1. The molecule has 1 fully saturated rings. The topological polar surface area (TPSA) is 80.9 Å². The van der Waals surface area contributed by atoms with Crippen LogP contribution in [0.15, 0.2) is 18.7 Å². The van der Waals surface area contributed by atoms with Gasteiger partial charge >= 0.3 is 0 Å². The van der Waals surface area contributed by atoms with Crippen molar-refractivity contribution in [3.63, 3.8) is 0 Å². The van der Waals surface area contributed by atoms with Gasteiger partial charge in [0.25, 0.3) is 0 Å². The van der Waals surface area contributed by atoms with Crippen LogP contribution in [-0.2, 0) is 23.8 Å². The number of anilines is 1. The summed E-state index contributed by atoms with van der Waals surface area (Å²) in [5.41, 5.74) is 0.925. The SMILES string of the molecule is Cn1nc(C(C)(C)C)cc1NC(=O)CN1CCC[C@@H]1Cn1cncn1. The highest BCUT2D eigenvalue weighted by atomic mass is 16.2. The van der Waals surface area contributed by atoms with Gasteiger partial charge in [0, 0.05) is 24.6 Å². The van der Waals surface area contributed by atoms with Crippen LogP contribution in [0.1, 0.15) is 39.3 Å². The molecule has 0 radical (unpaired) electrons. The first-order chi connectivity index (χ1) is 11.8. The Kier molecular flexibility index (Phi) is 4.89. The predicted octanol–water partition coefficient (Wildman–Crippen LogP) is 1.41. The fourth-order valence-electron chi connectivity index (χ4n) is 3.17. The van der Waals surface area contributed by atoms with Crippen LogP contribution in [0.3, 0.4) is 0 Å². The van der Waals surface area contributed by atoms with Gasteiger partial charge in [0.1, 0.15) is 18.5 Å². The number of hydrogen-bond acceptors (Lipinski definition) is 5. The Labute approximate surface area is 148 Å². The number of likely N-dealkylation sites (tertiary alicyclic amines) is 1. The van der Waals surface area contributed by atoms with Crippen molar-refractivity contribution >= 4 is 11.7 Å². The van der Waals surface area contributed by atoms with Gasteiger partial charge in [-0.15, -0.1) is 0 Å². The standard InChI is InChI=1S/C17H27N7O/c1-17(2,3)14-8-15(22(4)21-14)20-16(25)10-23-7-5-6-13(23)9-24-12-18-11-19-24/h8,11-13H,5-7,9-10H2,1-4H3,(H,20,25)/t13-/m1/s1. The third-order valence-corrected chi connectivity index (χ3v) is 4.63. The second-order valence-corrected chi connectivity index (χ2v) is 7.72. The first-order valence-corrected chi connectivity index (χ1v) is 8.74. The predicted molar refractivity (Wildman–Crippen MR) is 95.2 cm³/mol. The molecule has 8 heteroatoms. The summed E-state index contributed by atoms with van der Waals surface area (Å²) in [6.07, 6.45) is 5.45. The third kappa shape index (κ3) is 4.25. The molecule has 1 aliphatic rings. The normalized spacial score (nSPS) is 18.6. The molecule has 3 rings (SSSR count). The minimum atomic E-state index is -0.0431. The van der Waals surface area contributed by atoms with Gasteiger partial charge in [-0.25, -0.2) is 4.98 Å². The molecule has 2 aromatic rings. The van der Waals surface area contributed by atoms with Crippen LogP contribution in [0.5, 0.6) is 0 Å². The van der Waals surface area contributed by atoms with E-state index < -0.39 is 0 Å². The average Bonchev–Trinajstić information content (AvgIpc) is 3.23. The molecule has 0 bridgehead atoms. The summed E-state index contributed by atoms with van der Waals surface area (Å²) in [5, 5.41) is 11.7. The minimum absolute atomic E-state index is 0.00560. The summed E-state index contributed by atoms with van der Waals surface area (Å²) in [4.78, 5) is 18.7. The van der Waals surface area contributed by atoms with Crippen LogP contribution >= 0.6 is 0 Å². The lowest BCUT2D eigenvalue weighted by molar-refractivity contribution is -0.117. The molecule has 136 valence electrons. The second kappa shape index (κ2) is 6.95. The molecule has 8 nitrogen and oxygen atoms in total. The summed E-state index contributed by atoms with van der Waals surface area (Å²) < 4.78 is 3.56. The largest absolute Gasteiger partial charge is 0.310 e. The van der Waals surface area contributed by atoms with Crippen molar-refractivity contribution in [1.82, 2.24) is 29.4 Å². The maximum Gasteiger partial charge on any atom is 0.239 e. The van der Waals surface area contributed by atoms with Gasteiger partial charge in [-0.05, 0) is 19.4 Å².